The van der Waals surface area contributed by atoms with Crippen molar-refractivity contribution in [1.82, 2.24) is 10.5 Å². The number of benzene rings is 1. The van der Waals surface area contributed by atoms with Gasteiger partial charge in [-0.05, 0) is 44.4 Å². The lowest BCUT2D eigenvalue weighted by Gasteiger charge is -2.09. The van der Waals surface area contributed by atoms with Crippen LogP contribution in [0.4, 0.5) is 0 Å². The first kappa shape index (κ1) is 12.8. The Bertz CT molecular complexity index is 524. The average Bonchev–Trinajstić information content (AvgIpc) is 2.66. The predicted octanol–water partition coefficient (Wildman–Crippen LogP) is 3.20. The maximum Gasteiger partial charge on any atom is 0.138 e. The van der Waals surface area contributed by atoms with Crippen LogP contribution in [0.3, 0.4) is 0 Å². The highest BCUT2D eigenvalue weighted by Crippen LogP contribution is 2.14. The Balaban J connectivity index is 1.99. The minimum atomic E-state index is 0.800. The summed E-state index contributed by atoms with van der Waals surface area (Å²) < 4.78 is 5.15. The van der Waals surface area contributed by atoms with Gasteiger partial charge in [0.05, 0.1) is 5.69 Å². The highest BCUT2D eigenvalue weighted by molar-refractivity contribution is 5.33. The second kappa shape index (κ2) is 5.36. The van der Waals surface area contributed by atoms with Crippen molar-refractivity contribution in [2.45, 2.75) is 40.8 Å². The molecule has 0 spiro atoms. The van der Waals surface area contributed by atoms with Crippen molar-refractivity contribution in [1.29, 1.82) is 0 Å². The van der Waals surface area contributed by atoms with Crippen LogP contribution >= 0.6 is 0 Å². The summed E-state index contributed by atoms with van der Waals surface area (Å²) in [5.74, 6) is 0.904. The summed E-state index contributed by atoms with van der Waals surface area (Å²) in [4.78, 5) is 0. The van der Waals surface area contributed by atoms with E-state index >= 15 is 0 Å². The SMILES string of the molecule is Cc1cccc(CNCc2c(C)noc2C)c1C. The Morgan fingerprint density at radius 3 is 2.56 bits per heavy atom. The summed E-state index contributed by atoms with van der Waals surface area (Å²) in [7, 11) is 0. The molecule has 96 valence electrons. The predicted molar refractivity (Wildman–Crippen MR) is 72.4 cm³/mol. The summed E-state index contributed by atoms with van der Waals surface area (Å²) in [5.41, 5.74) is 6.19. The third-order valence-corrected chi connectivity index (χ3v) is 3.52. The van der Waals surface area contributed by atoms with E-state index in [4.69, 9.17) is 4.52 Å². The standard InChI is InChI=1S/C15H20N2O/c1-10-6-5-7-14(11(10)2)8-16-9-15-12(3)17-18-13(15)4/h5-7,16H,8-9H2,1-4H3. The highest BCUT2D eigenvalue weighted by atomic mass is 16.5. The molecule has 0 unspecified atom stereocenters. The minimum Gasteiger partial charge on any atom is -0.361 e. The van der Waals surface area contributed by atoms with Crippen molar-refractivity contribution < 1.29 is 4.52 Å². The molecule has 0 amide bonds. The van der Waals surface area contributed by atoms with Gasteiger partial charge < -0.3 is 9.84 Å². The van der Waals surface area contributed by atoms with E-state index in [1.165, 1.54) is 22.3 Å². The number of aromatic nitrogens is 1. The van der Waals surface area contributed by atoms with Gasteiger partial charge in [0.25, 0.3) is 0 Å². The molecule has 1 N–H and O–H groups in total. The van der Waals surface area contributed by atoms with Crippen LogP contribution in [0.15, 0.2) is 22.7 Å². The van der Waals surface area contributed by atoms with Crippen LogP contribution in [0, 0.1) is 27.7 Å². The maximum absolute atomic E-state index is 5.15. The first-order valence-corrected chi connectivity index (χ1v) is 6.27. The average molecular weight is 244 g/mol. The lowest BCUT2D eigenvalue weighted by Crippen LogP contribution is -2.14. The Labute approximate surface area is 108 Å². The number of nitrogens with one attached hydrogen (secondary N) is 1. The third kappa shape index (κ3) is 2.62. The monoisotopic (exact) mass is 244 g/mol. The van der Waals surface area contributed by atoms with E-state index in [2.05, 4.69) is 42.5 Å². The molecule has 3 heteroatoms. The van der Waals surface area contributed by atoms with Gasteiger partial charge in [0.15, 0.2) is 0 Å². The first-order chi connectivity index (χ1) is 8.59. The van der Waals surface area contributed by atoms with Crippen molar-refractivity contribution in [3.63, 3.8) is 0 Å². The van der Waals surface area contributed by atoms with Gasteiger partial charge in [-0.15, -0.1) is 0 Å². The lowest BCUT2D eigenvalue weighted by atomic mass is 10.0. The van der Waals surface area contributed by atoms with Crippen LogP contribution < -0.4 is 5.32 Å². The maximum atomic E-state index is 5.15. The Morgan fingerprint density at radius 1 is 1.11 bits per heavy atom. The molecule has 0 saturated heterocycles. The van der Waals surface area contributed by atoms with Crippen molar-refractivity contribution in [3.05, 3.63) is 51.9 Å². The molecule has 3 nitrogen and oxygen atoms in total. The summed E-state index contributed by atoms with van der Waals surface area (Å²) in [5, 5.41) is 7.41. The van der Waals surface area contributed by atoms with Crippen LogP contribution in [-0.4, -0.2) is 5.16 Å². The van der Waals surface area contributed by atoms with Gasteiger partial charge in [-0.25, -0.2) is 0 Å². The van der Waals surface area contributed by atoms with Crippen LogP contribution in [0.2, 0.25) is 0 Å². The number of hydrogen-bond acceptors (Lipinski definition) is 3. The fraction of sp³-hybridized carbons (Fsp3) is 0.400. The zero-order chi connectivity index (χ0) is 13.1. The Hall–Kier alpha value is -1.61. The molecular formula is C15H20N2O. The molecule has 2 aromatic rings. The molecule has 0 aliphatic carbocycles. The molecule has 0 aliphatic rings. The van der Waals surface area contributed by atoms with Crippen molar-refractivity contribution in [2.75, 3.05) is 0 Å². The van der Waals surface area contributed by atoms with Gasteiger partial charge >= 0.3 is 0 Å². The van der Waals surface area contributed by atoms with E-state index in [1.807, 2.05) is 13.8 Å². The van der Waals surface area contributed by atoms with Crippen molar-refractivity contribution in [3.8, 4) is 0 Å². The van der Waals surface area contributed by atoms with E-state index in [9.17, 15) is 0 Å². The second-order valence-corrected chi connectivity index (χ2v) is 4.77. The van der Waals surface area contributed by atoms with Gasteiger partial charge in [0, 0.05) is 18.7 Å². The molecule has 0 fully saturated rings. The fourth-order valence-electron chi connectivity index (χ4n) is 2.08. The molecular weight excluding hydrogens is 224 g/mol. The zero-order valence-electron chi connectivity index (χ0n) is 11.5. The molecule has 2 rings (SSSR count). The van der Waals surface area contributed by atoms with Crippen molar-refractivity contribution in [2.24, 2.45) is 0 Å². The highest BCUT2D eigenvalue weighted by Gasteiger charge is 2.08. The molecule has 1 aromatic heterocycles. The molecule has 0 radical (unpaired) electrons. The van der Waals surface area contributed by atoms with Gasteiger partial charge in [0.1, 0.15) is 5.76 Å². The van der Waals surface area contributed by atoms with E-state index in [0.29, 0.717) is 0 Å². The quantitative estimate of drug-likeness (QED) is 0.897. The van der Waals surface area contributed by atoms with Crippen LogP contribution in [-0.2, 0) is 13.1 Å². The third-order valence-electron chi connectivity index (χ3n) is 3.52. The molecule has 1 aromatic carbocycles. The van der Waals surface area contributed by atoms with E-state index < -0.39 is 0 Å². The van der Waals surface area contributed by atoms with E-state index in [-0.39, 0.29) is 0 Å². The summed E-state index contributed by atoms with van der Waals surface area (Å²) in [6.07, 6.45) is 0. The molecule has 0 saturated carbocycles. The van der Waals surface area contributed by atoms with Gasteiger partial charge in [-0.1, -0.05) is 23.4 Å². The topological polar surface area (TPSA) is 38.1 Å². The second-order valence-electron chi connectivity index (χ2n) is 4.77. The number of aryl methyl sites for hydroxylation is 3. The molecule has 0 aliphatic heterocycles. The summed E-state index contributed by atoms with van der Waals surface area (Å²) >= 11 is 0. The lowest BCUT2D eigenvalue weighted by molar-refractivity contribution is 0.392. The number of rotatable bonds is 4. The normalized spacial score (nSPS) is 10.9. The molecule has 18 heavy (non-hydrogen) atoms. The Kier molecular flexibility index (Phi) is 3.82. The van der Waals surface area contributed by atoms with Gasteiger partial charge in [0.2, 0.25) is 0 Å². The summed E-state index contributed by atoms with van der Waals surface area (Å²) in [6, 6.07) is 6.42. The zero-order valence-corrected chi connectivity index (χ0v) is 11.5. The molecule has 0 atom stereocenters. The van der Waals surface area contributed by atoms with Gasteiger partial charge in [-0.2, -0.15) is 0 Å². The fourth-order valence-corrected chi connectivity index (χ4v) is 2.08. The van der Waals surface area contributed by atoms with Crippen LogP contribution in [0.1, 0.15) is 33.7 Å². The Morgan fingerprint density at radius 2 is 1.89 bits per heavy atom. The first-order valence-electron chi connectivity index (χ1n) is 6.27. The van der Waals surface area contributed by atoms with Gasteiger partial charge in [-0.3, -0.25) is 0 Å². The van der Waals surface area contributed by atoms with Crippen LogP contribution in [0.5, 0.6) is 0 Å². The minimum absolute atomic E-state index is 0.800. The molecule has 0 bridgehead atoms. The van der Waals surface area contributed by atoms with E-state index in [0.717, 1.165) is 24.5 Å². The summed E-state index contributed by atoms with van der Waals surface area (Å²) in [6.45, 7) is 9.92. The number of nitrogens with zero attached hydrogens (tertiary/aromatic N) is 1. The largest absolute Gasteiger partial charge is 0.361 e. The van der Waals surface area contributed by atoms with E-state index in [1.54, 1.807) is 0 Å². The smallest absolute Gasteiger partial charge is 0.138 e. The van der Waals surface area contributed by atoms with Crippen LogP contribution in [0.25, 0.3) is 0 Å². The van der Waals surface area contributed by atoms with Crippen molar-refractivity contribution >= 4 is 0 Å². The molecule has 1 heterocycles. The number of hydrogen-bond donors (Lipinski definition) is 1.